The normalized spacial score (nSPS) is 13.9. The van der Waals surface area contributed by atoms with Gasteiger partial charge in [-0.1, -0.05) is 23.7 Å². The van der Waals surface area contributed by atoms with Crippen LogP contribution in [0.4, 0.5) is 0 Å². The molecule has 1 aromatic carbocycles. The third-order valence-corrected chi connectivity index (χ3v) is 7.52. The van der Waals surface area contributed by atoms with Crippen molar-refractivity contribution in [3.05, 3.63) is 68.6 Å². The summed E-state index contributed by atoms with van der Waals surface area (Å²) in [6.07, 6.45) is 0. The minimum atomic E-state index is -3.34. The molecule has 2 aromatic rings. The summed E-state index contributed by atoms with van der Waals surface area (Å²) in [5.41, 5.74) is 0.436. The monoisotopic (exact) mass is 480 g/mol. The number of sulfonamides is 1. The van der Waals surface area contributed by atoms with E-state index in [1.807, 2.05) is 0 Å². The number of halogens is 1. The zero-order valence-electron chi connectivity index (χ0n) is 17.9. The van der Waals surface area contributed by atoms with E-state index in [1.165, 1.54) is 33.0 Å². The van der Waals surface area contributed by atoms with E-state index in [9.17, 15) is 22.8 Å². The van der Waals surface area contributed by atoms with Gasteiger partial charge >= 0.3 is 0 Å². The SMILES string of the molecule is CCS(=O)(=O)N(C)CCN1CCn2c(ccc(C(=O)NCc3ccc(Cl)cc3)c2=O)C1=O. The topological polar surface area (TPSA) is 109 Å². The molecule has 0 unspecified atom stereocenters. The van der Waals surface area contributed by atoms with E-state index in [1.54, 1.807) is 31.2 Å². The standard InChI is InChI=1S/C21H25ClN4O5S/c1-3-32(30,31)24(2)10-11-25-12-13-26-18(21(25)29)9-8-17(20(26)28)19(27)23-14-15-4-6-16(22)7-5-15/h4-9H,3,10-14H2,1-2H3,(H,23,27). The van der Waals surface area contributed by atoms with E-state index in [0.717, 1.165) is 5.56 Å². The van der Waals surface area contributed by atoms with Gasteiger partial charge in [0.1, 0.15) is 11.3 Å². The highest BCUT2D eigenvalue weighted by Crippen LogP contribution is 2.13. The van der Waals surface area contributed by atoms with Gasteiger partial charge in [0.25, 0.3) is 17.4 Å². The number of hydrogen-bond donors (Lipinski definition) is 1. The van der Waals surface area contributed by atoms with E-state index in [-0.39, 0.29) is 55.6 Å². The van der Waals surface area contributed by atoms with E-state index in [4.69, 9.17) is 11.6 Å². The molecule has 0 fully saturated rings. The van der Waals surface area contributed by atoms with Crippen LogP contribution in [-0.4, -0.2) is 66.4 Å². The zero-order valence-corrected chi connectivity index (χ0v) is 19.4. The molecule has 2 heterocycles. The molecule has 0 aliphatic carbocycles. The predicted molar refractivity (Wildman–Crippen MR) is 121 cm³/mol. The highest BCUT2D eigenvalue weighted by molar-refractivity contribution is 7.89. The van der Waals surface area contributed by atoms with E-state index in [2.05, 4.69) is 5.32 Å². The average molecular weight is 481 g/mol. The van der Waals surface area contributed by atoms with Crippen molar-refractivity contribution >= 4 is 33.4 Å². The highest BCUT2D eigenvalue weighted by Gasteiger charge is 2.28. The summed E-state index contributed by atoms with van der Waals surface area (Å²) in [6, 6.07) is 9.78. The fourth-order valence-corrected chi connectivity index (χ4v) is 4.28. The molecule has 1 aromatic heterocycles. The first-order chi connectivity index (χ1) is 15.1. The Labute approximate surface area is 191 Å². The molecule has 3 rings (SSSR count). The van der Waals surface area contributed by atoms with Crippen LogP contribution in [0.3, 0.4) is 0 Å². The number of carbonyl (C=O) groups excluding carboxylic acids is 2. The van der Waals surface area contributed by atoms with Gasteiger partial charge in [0, 0.05) is 44.8 Å². The fraction of sp³-hybridized carbons (Fsp3) is 0.381. The summed E-state index contributed by atoms with van der Waals surface area (Å²) in [5.74, 6) is -0.913. The quantitative estimate of drug-likeness (QED) is 0.610. The first-order valence-electron chi connectivity index (χ1n) is 10.1. The second-order valence-corrected chi connectivity index (χ2v) is 10.2. The fourth-order valence-electron chi connectivity index (χ4n) is 3.36. The Morgan fingerprint density at radius 2 is 1.81 bits per heavy atom. The second kappa shape index (κ2) is 9.85. The molecule has 0 saturated carbocycles. The molecule has 0 atom stereocenters. The van der Waals surface area contributed by atoms with Gasteiger partial charge in [-0.2, -0.15) is 0 Å². The Kier molecular flexibility index (Phi) is 7.37. The van der Waals surface area contributed by atoms with Crippen molar-refractivity contribution in [2.75, 3.05) is 32.4 Å². The summed E-state index contributed by atoms with van der Waals surface area (Å²) < 4.78 is 26.3. The molecule has 11 heteroatoms. The van der Waals surface area contributed by atoms with Crippen LogP contribution in [0.15, 0.2) is 41.2 Å². The Bertz CT molecular complexity index is 1180. The lowest BCUT2D eigenvalue weighted by atomic mass is 10.1. The van der Waals surface area contributed by atoms with E-state index in [0.29, 0.717) is 5.02 Å². The maximum absolute atomic E-state index is 12.8. The largest absolute Gasteiger partial charge is 0.348 e. The van der Waals surface area contributed by atoms with Gasteiger partial charge in [-0.25, -0.2) is 12.7 Å². The molecule has 0 spiro atoms. The maximum Gasteiger partial charge on any atom is 0.270 e. The van der Waals surface area contributed by atoms with Gasteiger partial charge in [-0.05, 0) is 36.8 Å². The predicted octanol–water partition coefficient (Wildman–Crippen LogP) is 1.17. The number of amides is 2. The van der Waals surface area contributed by atoms with Gasteiger partial charge in [0.2, 0.25) is 10.0 Å². The minimum absolute atomic E-state index is 0.0153. The number of hydrogen-bond acceptors (Lipinski definition) is 5. The molecule has 9 nitrogen and oxygen atoms in total. The number of nitrogens with one attached hydrogen (secondary N) is 1. The third-order valence-electron chi connectivity index (χ3n) is 5.41. The number of likely N-dealkylation sites (N-methyl/N-ethyl adjacent to an activating group) is 1. The molecule has 1 aliphatic rings. The van der Waals surface area contributed by atoms with Crippen LogP contribution >= 0.6 is 11.6 Å². The number of pyridine rings is 1. The molecule has 1 N–H and O–H groups in total. The van der Waals surface area contributed by atoms with Crippen LogP contribution in [0.1, 0.15) is 33.3 Å². The second-order valence-electron chi connectivity index (χ2n) is 7.41. The molecule has 0 bridgehead atoms. The summed E-state index contributed by atoms with van der Waals surface area (Å²) in [7, 11) is -1.86. The molecule has 172 valence electrons. The van der Waals surface area contributed by atoms with Crippen molar-refractivity contribution in [1.82, 2.24) is 19.1 Å². The highest BCUT2D eigenvalue weighted by atomic mass is 35.5. The van der Waals surface area contributed by atoms with Crippen LogP contribution in [0, 0.1) is 0 Å². The molecule has 2 amide bonds. The Morgan fingerprint density at radius 3 is 2.47 bits per heavy atom. The molecule has 0 radical (unpaired) electrons. The first-order valence-corrected chi connectivity index (χ1v) is 12.1. The summed E-state index contributed by atoms with van der Waals surface area (Å²) in [5, 5.41) is 3.29. The lowest BCUT2D eigenvalue weighted by Crippen LogP contribution is -2.48. The summed E-state index contributed by atoms with van der Waals surface area (Å²) in [4.78, 5) is 39.7. The van der Waals surface area contributed by atoms with Gasteiger partial charge in [0.15, 0.2) is 0 Å². The van der Waals surface area contributed by atoms with Crippen molar-refractivity contribution in [2.45, 2.75) is 20.0 Å². The van der Waals surface area contributed by atoms with Crippen LogP contribution in [0.25, 0.3) is 0 Å². The van der Waals surface area contributed by atoms with Crippen molar-refractivity contribution in [3.63, 3.8) is 0 Å². The number of fused-ring (bicyclic) bond motifs is 1. The van der Waals surface area contributed by atoms with Crippen LogP contribution in [0.5, 0.6) is 0 Å². The summed E-state index contributed by atoms with van der Waals surface area (Å²) in [6.45, 7) is 2.65. The number of aromatic nitrogens is 1. The zero-order chi connectivity index (χ0) is 23.5. The van der Waals surface area contributed by atoms with Crippen LogP contribution in [0.2, 0.25) is 5.02 Å². The Balaban J connectivity index is 1.69. The van der Waals surface area contributed by atoms with Gasteiger partial charge in [-0.15, -0.1) is 0 Å². The van der Waals surface area contributed by atoms with Crippen molar-refractivity contribution in [1.29, 1.82) is 0 Å². The molecule has 0 saturated heterocycles. The molecule has 32 heavy (non-hydrogen) atoms. The number of benzene rings is 1. The van der Waals surface area contributed by atoms with E-state index >= 15 is 0 Å². The lowest BCUT2D eigenvalue weighted by molar-refractivity contribution is 0.0693. The lowest BCUT2D eigenvalue weighted by Gasteiger charge is -2.30. The van der Waals surface area contributed by atoms with Gasteiger partial charge in [0.05, 0.1) is 5.75 Å². The molecule has 1 aliphatic heterocycles. The smallest absolute Gasteiger partial charge is 0.270 e. The number of nitrogens with zero attached hydrogens (tertiary/aromatic N) is 3. The van der Waals surface area contributed by atoms with Crippen LogP contribution in [-0.2, 0) is 23.1 Å². The van der Waals surface area contributed by atoms with Gasteiger partial charge < -0.3 is 14.8 Å². The molecular formula is C21H25ClN4O5S. The maximum atomic E-state index is 12.8. The average Bonchev–Trinajstić information content (AvgIpc) is 2.78. The third kappa shape index (κ3) is 5.20. The Morgan fingerprint density at radius 1 is 1.12 bits per heavy atom. The first kappa shape index (κ1) is 24.0. The van der Waals surface area contributed by atoms with E-state index < -0.39 is 21.5 Å². The molecular weight excluding hydrogens is 456 g/mol. The van der Waals surface area contributed by atoms with Crippen molar-refractivity contribution < 1.29 is 18.0 Å². The number of carbonyl (C=O) groups is 2. The Hall–Kier alpha value is -2.69. The summed E-state index contributed by atoms with van der Waals surface area (Å²) >= 11 is 5.85. The van der Waals surface area contributed by atoms with Gasteiger partial charge in [-0.3, -0.25) is 14.4 Å². The van der Waals surface area contributed by atoms with Crippen molar-refractivity contribution in [3.8, 4) is 0 Å². The van der Waals surface area contributed by atoms with Crippen molar-refractivity contribution in [2.24, 2.45) is 0 Å². The van der Waals surface area contributed by atoms with Crippen LogP contribution < -0.4 is 10.9 Å². The minimum Gasteiger partial charge on any atom is -0.348 e. The number of rotatable bonds is 8.